The second-order valence-corrected chi connectivity index (χ2v) is 18.7. The van der Waals surface area contributed by atoms with Crippen molar-refractivity contribution in [2.75, 3.05) is 26.1 Å². The summed E-state index contributed by atoms with van der Waals surface area (Å²) in [5.74, 6) is -0.108. The van der Waals surface area contributed by atoms with Crippen molar-refractivity contribution >= 4 is 49.0 Å². The van der Waals surface area contributed by atoms with E-state index >= 15 is 8.78 Å². The number of alkyl halides is 2. The summed E-state index contributed by atoms with van der Waals surface area (Å²) < 4.78 is 107. The van der Waals surface area contributed by atoms with Crippen LogP contribution in [0.2, 0.25) is 0 Å². The van der Waals surface area contributed by atoms with Crippen molar-refractivity contribution in [3.63, 3.8) is 0 Å². The number of anilines is 1. The zero-order valence-electron chi connectivity index (χ0n) is 31.8. The lowest BCUT2D eigenvalue weighted by Crippen LogP contribution is -2.38. The van der Waals surface area contributed by atoms with E-state index in [1.165, 1.54) is 31.4 Å². The zero-order chi connectivity index (χ0) is 42.3. The normalized spacial score (nSPS) is 30.3. The van der Waals surface area contributed by atoms with E-state index in [0.29, 0.717) is 22.7 Å². The largest absolute Gasteiger partial charge is 0.756 e. The van der Waals surface area contributed by atoms with E-state index in [0.717, 1.165) is 34.1 Å². The highest BCUT2D eigenvalue weighted by Crippen LogP contribution is 2.65. The van der Waals surface area contributed by atoms with Gasteiger partial charge in [-0.15, -0.1) is 0 Å². The van der Waals surface area contributed by atoms with Crippen molar-refractivity contribution < 1.29 is 64.6 Å². The average Bonchev–Trinajstić information content (AvgIpc) is 3.89. The van der Waals surface area contributed by atoms with Crippen molar-refractivity contribution in [1.82, 2.24) is 35.2 Å². The summed E-state index contributed by atoms with van der Waals surface area (Å²) in [6.07, 6.45) is -12.3. The van der Waals surface area contributed by atoms with Gasteiger partial charge in [0, 0.05) is 18.0 Å². The Labute approximate surface area is 346 Å². The van der Waals surface area contributed by atoms with Gasteiger partial charge in [-0.2, -0.15) is 0 Å². The number of fused-ring (bicyclic) bond motifs is 5. The maximum absolute atomic E-state index is 16.4. The molecule has 5 aromatic rings. The number of phosphoric acid groups is 1. The third kappa shape index (κ3) is 9.32. The quantitative estimate of drug-likeness (QED) is 0.114. The van der Waals surface area contributed by atoms with Gasteiger partial charge < -0.3 is 44.8 Å². The van der Waals surface area contributed by atoms with Gasteiger partial charge in [-0.05, 0) is 53.3 Å². The molecule has 2 aromatic carbocycles. The molecule has 10 atom stereocenters. The van der Waals surface area contributed by atoms with Crippen LogP contribution in [-0.2, 0) is 42.5 Å². The first-order valence-electron chi connectivity index (χ1n) is 17.7. The number of benzene rings is 2. The number of esters is 1. The molecule has 3 aromatic heterocycles. The Morgan fingerprint density at radius 2 is 1.56 bits per heavy atom. The number of halogens is 2. The molecule has 3 saturated heterocycles. The van der Waals surface area contributed by atoms with Crippen LogP contribution in [0.3, 0.4) is 0 Å². The highest BCUT2D eigenvalue weighted by Gasteiger charge is 2.54. The topological polar surface area (TPSA) is 309 Å². The number of hydrogen-bond acceptors (Lipinski definition) is 19. The summed E-state index contributed by atoms with van der Waals surface area (Å²) in [5, 5.41) is 0. The molecule has 0 radical (unpaired) electrons. The number of quaternary nitrogens is 1. The molecule has 27 heteroatoms. The molecule has 3 aliphatic rings. The van der Waals surface area contributed by atoms with Crippen molar-refractivity contribution in [3.8, 4) is 11.5 Å². The summed E-state index contributed by atoms with van der Waals surface area (Å²) in [7, 11) is -4.03. The number of carbonyl (C=O) groups is 1. The predicted octanol–water partition coefficient (Wildman–Crippen LogP) is 3.36. The van der Waals surface area contributed by atoms with E-state index in [-0.39, 0.29) is 40.2 Å². The van der Waals surface area contributed by atoms with Crippen LogP contribution in [0, 0.1) is 0 Å². The molecular weight excluding hydrogens is 876 g/mol. The number of hydrogen-bond donors (Lipinski definition) is 3. The number of nitrogens with two attached hydrogens (primary N) is 1. The van der Waals surface area contributed by atoms with E-state index in [4.69, 9.17) is 42.8 Å². The number of aromatic amines is 1. The van der Waals surface area contributed by atoms with E-state index in [1.54, 1.807) is 24.3 Å². The van der Waals surface area contributed by atoms with Crippen LogP contribution in [0.15, 0.2) is 83.0 Å². The Morgan fingerprint density at radius 1 is 0.918 bits per heavy atom. The Kier molecular flexibility index (Phi) is 12.9. The van der Waals surface area contributed by atoms with E-state index in [1.807, 2.05) is 4.98 Å². The van der Waals surface area contributed by atoms with Crippen LogP contribution in [-0.4, -0.2) is 92.1 Å². The number of methoxy groups -OCH3 is 1. The second-order valence-electron chi connectivity index (χ2n) is 13.3. The van der Waals surface area contributed by atoms with Crippen LogP contribution in [0.25, 0.3) is 11.2 Å². The first-order chi connectivity index (χ1) is 28.7. The number of phosphoric ester groups is 1. The zero-order valence-corrected chi connectivity index (χ0v) is 34.4. The minimum absolute atomic E-state index is 0. The molecule has 3 aliphatic heterocycles. The van der Waals surface area contributed by atoms with E-state index in [2.05, 4.69) is 15.0 Å². The predicted molar refractivity (Wildman–Crippen MR) is 207 cm³/mol. The van der Waals surface area contributed by atoms with Crippen LogP contribution in [0.5, 0.6) is 11.5 Å². The van der Waals surface area contributed by atoms with Gasteiger partial charge in [0.05, 0.1) is 32.2 Å². The second kappa shape index (κ2) is 17.8. The lowest BCUT2D eigenvalue weighted by molar-refractivity contribution is -0.236. The van der Waals surface area contributed by atoms with Gasteiger partial charge in [0.15, 0.2) is 36.3 Å². The van der Waals surface area contributed by atoms with Crippen molar-refractivity contribution in [2.24, 2.45) is 0 Å². The molecule has 61 heavy (non-hydrogen) atoms. The van der Waals surface area contributed by atoms with Crippen LogP contribution >= 0.6 is 26.0 Å². The number of ether oxygens (including phenoxy) is 4. The Bertz CT molecular complexity index is 2610. The number of nitrogens with zero attached hydrogens (tertiary/aromatic N) is 5. The number of H-pyrrole nitrogens is 1. The van der Waals surface area contributed by atoms with E-state index in [9.17, 15) is 28.4 Å². The highest BCUT2D eigenvalue weighted by molar-refractivity contribution is 8.54. The summed E-state index contributed by atoms with van der Waals surface area (Å²) in [6, 6.07) is 13.2. The van der Waals surface area contributed by atoms with Crippen LogP contribution in [0.4, 0.5) is 14.6 Å². The van der Waals surface area contributed by atoms with Crippen molar-refractivity contribution in [3.05, 3.63) is 105 Å². The first-order valence-corrected chi connectivity index (χ1v) is 22.3. The minimum atomic E-state index is -5.52. The molecule has 7 N–H and O–H groups in total. The monoisotopic (exact) mass is 912 g/mol. The molecule has 3 fully saturated rings. The fourth-order valence-corrected chi connectivity index (χ4v) is 10.7. The summed E-state index contributed by atoms with van der Waals surface area (Å²) in [5.41, 5.74) is 4.89. The van der Waals surface area contributed by atoms with Crippen molar-refractivity contribution in [1.29, 1.82) is 0 Å². The van der Waals surface area contributed by atoms with Gasteiger partial charge in [-0.3, -0.25) is 32.5 Å². The Hall–Kier alpha value is -4.91. The maximum Gasteiger partial charge on any atom is 0.390 e. The van der Waals surface area contributed by atoms with Gasteiger partial charge in [-0.1, -0.05) is 12.1 Å². The fraction of sp³-hybridized carbons (Fsp3) is 0.353. The molecule has 6 heterocycles. The molecule has 2 unspecified atom stereocenters. The van der Waals surface area contributed by atoms with Crippen molar-refractivity contribution in [2.45, 2.75) is 55.0 Å². The molecule has 0 saturated carbocycles. The van der Waals surface area contributed by atoms with Gasteiger partial charge >= 0.3 is 18.5 Å². The average molecular weight is 913 g/mol. The fourth-order valence-electron chi connectivity index (χ4n) is 6.47. The summed E-state index contributed by atoms with van der Waals surface area (Å²) in [6.45, 7) is -6.66. The van der Waals surface area contributed by atoms with Gasteiger partial charge in [0.1, 0.15) is 47.8 Å². The van der Waals surface area contributed by atoms with Crippen LogP contribution < -0.4 is 37.5 Å². The van der Waals surface area contributed by atoms with Gasteiger partial charge in [0.25, 0.3) is 13.4 Å². The molecule has 8 rings (SSSR count). The first kappa shape index (κ1) is 44.2. The number of aromatic nitrogens is 6. The molecular formula is C34H36F2N8O14P2S. The Morgan fingerprint density at radius 3 is 2.23 bits per heavy atom. The summed E-state index contributed by atoms with van der Waals surface area (Å²) in [4.78, 5) is 64.6. The molecule has 326 valence electrons. The summed E-state index contributed by atoms with van der Waals surface area (Å²) >= 11 is 0.549. The number of nitrogens with one attached hydrogen (secondary N) is 1. The lowest BCUT2D eigenvalue weighted by Gasteiger charge is -2.30. The standard InChI is InChI=1S/C34H33F2N7O14P2S.H3N/c1-50-19-8-4-18(5-9-19)33(45)53-20-6-2-17(3-7-20)14-60-59(49)52-13-22-24(35)27(32(55-22)43-16-40-26-29(37)38-15-39-30(26)43)56-58(47,48)51-12-21-25(36)28(57-59)31(54-21)42-11-10-23(44)41-34(42)46;/h2-11,15-16,21-22,24-25,27-28,31-32H,12-14H2,1H3,(H,47,48)(H2,37,38,39)(H,41,44,46);1H3/t21-,22-,24-,25-,27-,28-,31-,32-,59?;/m1./s1. The van der Waals surface area contributed by atoms with E-state index < -0.39 is 94.3 Å². The number of carbonyl (C=O) groups excluding carboxylic acids is 1. The number of nitrogen functional groups attached to an aromatic ring is 1. The van der Waals surface area contributed by atoms with Gasteiger partial charge in [0.2, 0.25) is 0 Å². The molecule has 22 nitrogen and oxygen atoms in total. The molecule has 0 spiro atoms. The van der Waals surface area contributed by atoms with Gasteiger partial charge in [-0.25, -0.2) is 37.9 Å². The number of imidazole rings is 1. The lowest BCUT2D eigenvalue weighted by atomic mass is 10.1. The SMILES string of the molecule is COc1ccc(C(=O)Oc2ccc(CSP3(=O)OC[C@H]4O[C@@H](n5cnc6c(N)ncnc65)[C@H](OP(=O)([O-])OC[C@H]5O[C@@H](n6ccc(=O)[nH]c6=O)[C@H](O3)[C@@H]5F)[C@@H]4F)cc2)cc1.[NH4+]. The molecule has 0 aliphatic carbocycles. The third-order valence-corrected chi connectivity index (χ3v) is 14.1. The highest BCUT2D eigenvalue weighted by atomic mass is 32.7. The smallest absolute Gasteiger partial charge is 0.390 e. The number of rotatable bonds is 8. The third-order valence-electron chi connectivity index (χ3n) is 9.46. The Balaban J connectivity index is 0.00000561. The maximum atomic E-state index is 16.4. The molecule has 0 amide bonds. The van der Waals surface area contributed by atoms with Crippen LogP contribution in [0.1, 0.15) is 28.4 Å². The molecule has 4 bridgehead atoms. The minimum Gasteiger partial charge on any atom is -0.756 e.